The van der Waals surface area contributed by atoms with E-state index in [-0.39, 0.29) is 17.0 Å². The first-order chi connectivity index (χ1) is 11.1. The van der Waals surface area contributed by atoms with Crippen molar-refractivity contribution in [1.29, 1.82) is 5.26 Å². The molecule has 1 aliphatic rings. The van der Waals surface area contributed by atoms with Crippen molar-refractivity contribution in [3.05, 3.63) is 23.3 Å². The van der Waals surface area contributed by atoms with Gasteiger partial charge in [-0.05, 0) is 38.0 Å². The number of ether oxygens (including phenoxy) is 2. The number of hydrogen-bond acceptors (Lipinski definition) is 5. The third-order valence-electron chi connectivity index (χ3n) is 3.27. The molecule has 6 nitrogen and oxygen atoms in total. The second kappa shape index (κ2) is 9.55. The second-order valence-electron chi connectivity index (χ2n) is 4.93. The molecule has 0 saturated heterocycles. The summed E-state index contributed by atoms with van der Waals surface area (Å²) >= 11 is 1.40. The lowest BCUT2D eigenvalue weighted by Crippen LogP contribution is -3.00. The highest BCUT2D eigenvalue weighted by atomic mass is 79.9. The molecule has 1 aromatic carbocycles. The largest absolute Gasteiger partial charge is 1.00 e. The Kier molecular flexibility index (Phi) is 8.08. The van der Waals surface area contributed by atoms with E-state index in [0.717, 1.165) is 22.6 Å². The summed E-state index contributed by atoms with van der Waals surface area (Å²) in [6.07, 6.45) is 0.286. The maximum Gasteiger partial charge on any atom is 0.308 e. The van der Waals surface area contributed by atoms with Gasteiger partial charge in [-0.15, -0.1) is 0 Å². The number of nitriles is 1. The first kappa shape index (κ1) is 20.3. The molecule has 1 aromatic rings. The number of hydrogen-bond donors (Lipinski definition) is 2. The van der Waals surface area contributed by atoms with Crippen LogP contribution in [0.2, 0.25) is 0 Å². The Labute approximate surface area is 156 Å². The number of halogens is 1. The number of nitrogens with zero attached hydrogens (tertiary/aromatic N) is 2. The van der Waals surface area contributed by atoms with E-state index in [1.807, 2.05) is 19.1 Å². The second-order valence-corrected chi connectivity index (χ2v) is 5.96. The van der Waals surface area contributed by atoms with Gasteiger partial charge in [-0.2, -0.15) is 5.26 Å². The third-order valence-corrected chi connectivity index (χ3v) is 4.24. The highest BCUT2D eigenvalue weighted by molar-refractivity contribution is 8.26. The highest BCUT2D eigenvalue weighted by Crippen LogP contribution is 2.35. The third kappa shape index (κ3) is 4.89. The van der Waals surface area contributed by atoms with Crippen LogP contribution in [0.5, 0.6) is 11.5 Å². The molecule has 0 amide bonds. The highest BCUT2D eigenvalue weighted by Gasteiger charge is 2.22. The molecule has 130 valence electrons. The molecule has 3 N–H and O–H groups in total. The van der Waals surface area contributed by atoms with Crippen LogP contribution in [0.3, 0.4) is 0 Å². The molecule has 2 rings (SSSR count). The van der Waals surface area contributed by atoms with Crippen LogP contribution < -0.4 is 37.2 Å². The average Bonchev–Trinajstić information content (AvgIpc) is 2.55. The van der Waals surface area contributed by atoms with Crippen LogP contribution in [0.1, 0.15) is 25.0 Å². The molecule has 0 saturated carbocycles. The topological polar surface area (TPSA) is 94.6 Å². The number of aliphatic imine (C=N–C) groups is 1. The number of fused-ring (bicyclic) bond motifs is 1. The number of nitrogens with two attached hydrogens (primary N) is 1. The van der Waals surface area contributed by atoms with Crippen molar-refractivity contribution in [2.24, 2.45) is 10.7 Å². The summed E-state index contributed by atoms with van der Waals surface area (Å²) in [6, 6.07) is 5.94. The van der Waals surface area contributed by atoms with Crippen molar-refractivity contribution < 1.29 is 31.4 Å². The number of nitrogens with one attached hydrogen (secondary N) is 1. The number of amidine groups is 1. The van der Waals surface area contributed by atoms with Gasteiger partial charge >= 0.3 is 5.17 Å². The molecule has 0 aromatic heterocycles. The zero-order valence-electron chi connectivity index (χ0n) is 13.9. The van der Waals surface area contributed by atoms with Crippen LogP contribution in [0, 0.1) is 11.3 Å². The van der Waals surface area contributed by atoms with Crippen LogP contribution in [-0.4, -0.2) is 36.5 Å². The normalized spacial score (nSPS) is 14.6. The van der Waals surface area contributed by atoms with Crippen molar-refractivity contribution in [2.45, 2.75) is 26.4 Å². The maximum atomic E-state index is 8.96. The molecule has 0 fully saturated rings. The van der Waals surface area contributed by atoms with E-state index in [1.54, 1.807) is 14.0 Å². The molecule has 1 heterocycles. The number of rotatable bonds is 4. The standard InChI is InChI=1S/C16H20N4O2S.BrH/c1-4-21-13-8-12-11(7-14(13)22-10(2)9-17)5-6-20-15(12)23-16(18)19-3;/h7-8,10H,4-6H2,1-3H3,(H2,18,19);1H. The van der Waals surface area contributed by atoms with Crippen molar-refractivity contribution >= 4 is 22.0 Å². The molecule has 24 heavy (non-hydrogen) atoms. The molecule has 0 aliphatic carbocycles. The van der Waals surface area contributed by atoms with E-state index in [0.29, 0.717) is 29.8 Å². The van der Waals surface area contributed by atoms with Crippen LogP contribution in [0.4, 0.5) is 0 Å². The lowest BCUT2D eigenvalue weighted by molar-refractivity contribution is -0.417. The van der Waals surface area contributed by atoms with Gasteiger partial charge in [0, 0.05) is 23.9 Å². The van der Waals surface area contributed by atoms with Crippen molar-refractivity contribution in [1.82, 2.24) is 0 Å². The first-order valence-corrected chi connectivity index (χ1v) is 8.29. The molecular weight excluding hydrogens is 392 g/mol. The van der Waals surface area contributed by atoms with E-state index in [2.05, 4.69) is 16.1 Å². The van der Waals surface area contributed by atoms with E-state index >= 15 is 0 Å². The molecule has 1 aliphatic heterocycles. The van der Waals surface area contributed by atoms with Crippen LogP contribution >= 0.6 is 11.8 Å². The Balaban J connectivity index is 0.00000288. The van der Waals surface area contributed by atoms with Crippen molar-refractivity contribution in [3.8, 4) is 17.6 Å². The molecule has 0 radical (unpaired) electrons. The monoisotopic (exact) mass is 412 g/mol. The van der Waals surface area contributed by atoms with E-state index in [1.165, 1.54) is 11.8 Å². The minimum Gasteiger partial charge on any atom is -1.00 e. The zero-order valence-corrected chi connectivity index (χ0v) is 16.3. The summed E-state index contributed by atoms with van der Waals surface area (Å²) in [7, 11) is 1.78. The summed E-state index contributed by atoms with van der Waals surface area (Å²) in [5, 5.41) is 10.4. The van der Waals surface area contributed by atoms with E-state index < -0.39 is 6.10 Å². The van der Waals surface area contributed by atoms with E-state index in [9.17, 15) is 0 Å². The minimum atomic E-state index is -0.536. The maximum absolute atomic E-state index is 8.96. The summed E-state index contributed by atoms with van der Waals surface area (Å²) in [5.41, 5.74) is 7.99. The summed E-state index contributed by atoms with van der Waals surface area (Å²) in [4.78, 5) is 7.47. The lowest BCUT2D eigenvalue weighted by Gasteiger charge is -2.20. The Morgan fingerprint density at radius 2 is 2.25 bits per heavy atom. The van der Waals surface area contributed by atoms with Crippen LogP contribution in [-0.2, 0) is 6.42 Å². The van der Waals surface area contributed by atoms with Gasteiger partial charge in [-0.3, -0.25) is 15.7 Å². The Bertz CT molecular complexity index is 685. The first-order valence-electron chi connectivity index (χ1n) is 7.47. The zero-order chi connectivity index (χ0) is 16.8. The van der Waals surface area contributed by atoms with Gasteiger partial charge in [0.2, 0.25) is 0 Å². The molecule has 0 spiro atoms. The van der Waals surface area contributed by atoms with Gasteiger partial charge < -0.3 is 26.5 Å². The van der Waals surface area contributed by atoms with Crippen LogP contribution in [0.25, 0.3) is 0 Å². The van der Waals surface area contributed by atoms with Gasteiger partial charge in [0.15, 0.2) is 17.6 Å². The number of benzene rings is 1. The summed E-state index contributed by atoms with van der Waals surface area (Å²) < 4.78 is 11.4. The Hall–Kier alpha value is -1.72. The average molecular weight is 413 g/mol. The molecule has 0 bridgehead atoms. The van der Waals surface area contributed by atoms with Gasteiger partial charge in [0.1, 0.15) is 11.1 Å². The van der Waals surface area contributed by atoms with Crippen LogP contribution in [0.15, 0.2) is 17.1 Å². The molecule has 1 unspecified atom stereocenters. The lowest BCUT2D eigenvalue weighted by atomic mass is 10.0. The van der Waals surface area contributed by atoms with Gasteiger partial charge in [0.25, 0.3) is 0 Å². The minimum absolute atomic E-state index is 0. The fourth-order valence-corrected chi connectivity index (χ4v) is 2.96. The molecule has 8 heteroatoms. The van der Waals surface area contributed by atoms with E-state index in [4.69, 9.17) is 20.5 Å². The fraction of sp³-hybridized carbons (Fsp3) is 0.438. The SMILES string of the molecule is CCOc1cc2c(cc1OC(C)C#N)CCN=C2SC(N)=[NH+]C.[Br-]. The number of thioether (sulfide) groups is 1. The summed E-state index contributed by atoms with van der Waals surface area (Å²) in [5.74, 6) is 1.21. The molecule has 1 atom stereocenters. The van der Waals surface area contributed by atoms with Crippen molar-refractivity contribution in [2.75, 3.05) is 20.2 Å². The van der Waals surface area contributed by atoms with Gasteiger partial charge in [-0.1, -0.05) is 0 Å². The van der Waals surface area contributed by atoms with Gasteiger partial charge in [-0.25, -0.2) is 0 Å². The van der Waals surface area contributed by atoms with Gasteiger partial charge in [0.05, 0.1) is 13.7 Å². The Morgan fingerprint density at radius 1 is 1.50 bits per heavy atom. The molecular formula is C16H21BrN4O2S. The predicted molar refractivity (Wildman–Crippen MR) is 92.1 cm³/mol. The Morgan fingerprint density at radius 3 is 2.88 bits per heavy atom. The predicted octanol–water partition coefficient (Wildman–Crippen LogP) is -2.56. The summed E-state index contributed by atoms with van der Waals surface area (Å²) in [6.45, 7) is 4.84. The van der Waals surface area contributed by atoms with Crippen molar-refractivity contribution in [3.63, 3.8) is 0 Å². The quantitative estimate of drug-likeness (QED) is 0.419. The fourth-order valence-electron chi connectivity index (χ4n) is 2.19. The smallest absolute Gasteiger partial charge is 0.308 e.